The van der Waals surface area contributed by atoms with Crippen molar-refractivity contribution in [3.63, 3.8) is 0 Å². The molecule has 3 N–H and O–H groups in total. The van der Waals surface area contributed by atoms with Crippen LogP contribution in [0.5, 0.6) is 0 Å². The number of hydrogen-bond acceptors (Lipinski definition) is 4. The van der Waals surface area contributed by atoms with E-state index in [1.54, 1.807) is 12.4 Å². The van der Waals surface area contributed by atoms with Crippen molar-refractivity contribution < 1.29 is 18.0 Å². The van der Waals surface area contributed by atoms with Crippen molar-refractivity contribution in [2.75, 3.05) is 12.4 Å². The first-order valence-corrected chi connectivity index (χ1v) is 6.80. The van der Waals surface area contributed by atoms with Gasteiger partial charge in [0, 0.05) is 12.4 Å². The standard InChI is InChI=1S/C13H12F3N3OS/c1-18-12-19-9(6-21-12)10(11(17)20)7-3-2-4-8(5-7)13(14,15)16/h2-6,10H,1H3,(H2,17,20)(H,18,19). The molecular weight excluding hydrogens is 303 g/mol. The van der Waals surface area contributed by atoms with Crippen molar-refractivity contribution in [2.24, 2.45) is 5.73 Å². The topological polar surface area (TPSA) is 68.0 Å². The minimum Gasteiger partial charge on any atom is -0.369 e. The monoisotopic (exact) mass is 315 g/mol. The summed E-state index contributed by atoms with van der Waals surface area (Å²) in [5.74, 6) is -1.76. The van der Waals surface area contributed by atoms with Crippen LogP contribution in [0.1, 0.15) is 22.7 Å². The maximum Gasteiger partial charge on any atom is 0.416 e. The first-order valence-electron chi connectivity index (χ1n) is 5.92. The number of nitrogens with two attached hydrogens (primary N) is 1. The summed E-state index contributed by atoms with van der Waals surface area (Å²) in [5, 5.41) is 4.96. The molecule has 0 radical (unpaired) electrons. The van der Waals surface area contributed by atoms with Gasteiger partial charge in [0.05, 0.1) is 11.3 Å². The van der Waals surface area contributed by atoms with Crippen LogP contribution < -0.4 is 11.1 Å². The molecule has 21 heavy (non-hydrogen) atoms. The predicted molar refractivity (Wildman–Crippen MR) is 74.1 cm³/mol. The van der Waals surface area contributed by atoms with E-state index < -0.39 is 23.6 Å². The minimum atomic E-state index is -4.48. The number of rotatable bonds is 4. The molecular formula is C13H12F3N3OS. The number of carbonyl (C=O) groups is 1. The van der Waals surface area contributed by atoms with E-state index in [0.717, 1.165) is 12.1 Å². The number of halogens is 3. The molecule has 2 aromatic rings. The molecule has 1 amide bonds. The Labute approximate surface area is 122 Å². The van der Waals surface area contributed by atoms with Gasteiger partial charge in [0.25, 0.3) is 0 Å². The summed E-state index contributed by atoms with van der Waals surface area (Å²) in [6.45, 7) is 0. The van der Waals surface area contributed by atoms with Crippen LogP contribution >= 0.6 is 11.3 Å². The summed E-state index contributed by atoms with van der Waals surface area (Å²) in [4.78, 5) is 15.8. The lowest BCUT2D eigenvalue weighted by molar-refractivity contribution is -0.137. The number of aromatic nitrogens is 1. The summed E-state index contributed by atoms with van der Waals surface area (Å²) in [6, 6.07) is 4.55. The van der Waals surface area contributed by atoms with Gasteiger partial charge in [-0.05, 0) is 11.6 Å². The molecule has 1 aromatic heterocycles. The molecule has 4 nitrogen and oxygen atoms in total. The second-order valence-electron chi connectivity index (χ2n) is 4.29. The summed E-state index contributed by atoms with van der Waals surface area (Å²) < 4.78 is 38.3. The fraction of sp³-hybridized carbons (Fsp3) is 0.231. The predicted octanol–water partition coefficient (Wildman–Crippen LogP) is 2.82. The Balaban J connectivity index is 2.46. The van der Waals surface area contributed by atoms with Crippen molar-refractivity contribution in [2.45, 2.75) is 12.1 Å². The molecule has 8 heteroatoms. The van der Waals surface area contributed by atoms with E-state index in [4.69, 9.17) is 5.73 Å². The van der Waals surface area contributed by atoms with Crippen LogP contribution in [0.3, 0.4) is 0 Å². The van der Waals surface area contributed by atoms with Gasteiger partial charge in [-0.25, -0.2) is 4.98 Å². The van der Waals surface area contributed by atoms with Gasteiger partial charge in [0.1, 0.15) is 5.92 Å². The number of hydrogen-bond donors (Lipinski definition) is 2. The number of thiazole rings is 1. The van der Waals surface area contributed by atoms with E-state index in [-0.39, 0.29) is 5.56 Å². The average Bonchev–Trinajstić information content (AvgIpc) is 2.86. The van der Waals surface area contributed by atoms with Gasteiger partial charge >= 0.3 is 6.18 Å². The van der Waals surface area contributed by atoms with Gasteiger partial charge in [-0.15, -0.1) is 11.3 Å². The van der Waals surface area contributed by atoms with Crippen LogP contribution in [-0.4, -0.2) is 17.9 Å². The number of amides is 1. The zero-order chi connectivity index (χ0) is 15.6. The number of anilines is 1. The van der Waals surface area contributed by atoms with Crippen molar-refractivity contribution in [1.29, 1.82) is 0 Å². The van der Waals surface area contributed by atoms with Crippen LogP contribution in [-0.2, 0) is 11.0 Å². The molecule has 1 heterocycles. The van der Waals surface area contributed by atoms with E-state index in [9.17, 15) is 18.0 Å². The SMILES string of the molecule is CNc1nc(C(C(N)=O)c2cccc(C(F)(F)F)c2)cs1. The molecule has 0 saturated heterocycles. The van der Waals surface area contributed by atoms with Crippen molar-refractivity contribution in [3.05, 3.63) is 46.5 Å². The molecule has 112 valence electrons. The van der Waals surface area contributed by atoms with Crippen molar-refractivity contribution in [1.82, 2.24) is 4.98 Å². The van der Waals surface area contributed by atoms with Gasteiger partial charge < -0.3 is 11.1 Å². The third-order valence-corrected chi connectivity index (χ3v) is 3.74. The Hall–Kier alpha value is -2.09. The number of nitrogens with zero attached hydrogens (tertiary/aromatic N) is 1. The molecule has 0 aliphatic rings. The highest BCUT2D eigenvalue weighted by atomic mass is 32.1. The molecule has 0 aliphatic heterocycles. The average molecular weight is 315 g/mol. The Morgan fingerprint density at radius 3 is 2.67 bits per heavy atom. The Bertz CT molecular complexity index is 654. The first kappa shape index (κ1) is 15.3. The maximum absolute atomic E-state index is 12.8. The van der Waals surface area contributed by atoms with E-state index in [1.807, 2.05) is 0 Å². The molecule has 0 aliphatic carbocycles. The van der Waals surface area contributed by atoms with E-state index >= 15 is 0 Å². The second kappa shape index (κ2) is 5.72. The highest BCUT2D eigenvalue weighted by Crippen LogP contribution is 2.33. The molecule has 0 fully saturated rings. The van der Waals surface area contributed by atoms with E-state index in [1.165, 1.54) is 23.5 Å². The molecule has 0 spiro atoms. The fourth-order valence-corrected chi connectivity index (χ4v) is 2.61. The highest BCUT2D eigenvalue weighted by molar-refractivity contribution is 7.13. The molecule has 1 atom stereocenters. The minimum absolute atomic E-state index is 0.172. The fourth-order valence-electron chi connectivity index (χ4n) is 1.91. The zero-order valence-electron chi connectivity index (χ0n) is 10.9. The first-order chi connectivity index (χ1) is 9.82. The van der Waals surface area contributed by atoms with Crippen LogP contribution in [0.25, 0.3) is 0 Å². The summed E-state index contributed by atoms with van der Waals surface area (Å²) in [7, 11) is 1.66. The van der Waals surface area contributed by atoms with Gasteiger partial charge in [0.2, 0.25) is 5.91 Å². The lowest BCUT2D eigenvalue weighted by atomic mass is 9.94. The lowest BCUT2D eigenvalue weighted by Gasteiger charge is -2.14. The van der Waals surface area contributed by atoms with Gasteiger partial charge in [-0.3, -0.25) is 4.79 Å². The Kier molecular flexibility index (Phi) is 4.17. The smallest absolute Gasteiger partial charge is 0.369 e. The number of benzene rings is 1. The summed E-state index contributed by atoms with van der Waals surface area (Å²) >= 11 is 1.25. The highest BCUT2D eigenvalue weighted by Gasteiger charge is 2.32. The molecule has 2 rings (SSSR count). The zero-order valence-corrected chi connectivity index (χ0v) is 11.8. The van der Waals surface area contributed by atoms with Gasteiger partial charge in [0.15, 0.2) is 5.13 Å². The number of carbonyl (C=O) groups excluding carboxylic acids is 1. The normalized spacial score (nSPS) is 13.0. The summed E-state index contributed by atoms with van der Waals surface area (Å²) in [5.41, 5.74) is 5.01. The second-order valence-corrected chi connectivity index (χ2v) is 5.14. The van der Waals surface area contributed by atoms with Crippen molar-refractivity contribution >= 4 is 22.4 Å². The third-order valence-electron chi connectivity index (χ3n) is 2.86. The lowest BCUT2D eigenvalue weighted by Crippen LogP contribution is -2.23. The summed E-state index contributed by atoms with van der Waals surface area (Å²) in [6.07, 6.45) is -4.48. The van der Waals surface area contributed by atoms with Gasteiger partial charge in [-0.1, -0.05) is 18.2 Å². The molecule has 0 bridgehead atoms. The molecule has 1 aromatic carbocycles. The number of nitrogens with one attached hydrogen (secondary N) is 1. The Morgan fingerprint density at radius 2 is 2.14 bits per heavy atom. The number of alkyl halides is 3. The molecule has 1 unspecified atom stereocenters. The maximum atomic E-state index is 12.8. The van der Waals surface area contributed by atoms with Crippen molar-refractivity contribution in [3.8, 4) is 0 Å². The van der Waals surface area contributed by atoms with Gasteiger partial charge in [-0.2, -0.15) is 13.2 Å². The quantitative estimate of drug-likeness (QED) is 0.911. The third kappa shape index (κ3) is 3.33. The van der Waals surface area contributed by atoms with Crippen LogP contribution in [0.4, 0.5) is 18.3 Å². The number of primary amides is 1. The van der Waals surface area contributed by atoms with E-state index in [0.29, 0.717) is 10.8 Å². The Morgan fingerprint density at radius 1 is 1.43 bits per heavy atom. The van der Waals surface area contributed by atoms with Crippen LogP contribution in [0.2, 0.25) is 0 Å². The largest absolute Gasteiger partial charge is 0.416 e. The van der Waals surface area contributed by atoms with Crippen LogP contribution in [0, 0.1) is 0 Å². The van der Waals surface area contributed by atoms with E-state index in [2.05, 4.69) is 10.3 Å². The molecule has 0 saturated carbocycles. The van der Waals surface area contributed by atoms with Crippen LogP contribution in [0.15, 0.2) is 29.6 Å².